The molecule has 1 aliphatic rings. The molecule has 1 aliphatic heterocycles. The monoisotopic (exact) mass is 365 g/mol. The third kappa shape index (κ3) is 2.19. The summed E-state index contributed by atoms with van der Waals surface area (Å²) in [5.41, 5.74) is 1.70. The Morgan fingerprint density at radius 3 is 2.81 bits per heavy atom. The van der Waals surface area contributed by atoms with Crippen LogP contribution >= 0.6 is 11.6 Å². The Kier molecular flexibility index (Phi) is 3.26. The first-order valence-corrected chi connectivity index (χ1v) is 8.35. The standard InChI is InChI=1S/C19H12ClN3O3/c20-12-5-6-14-17(26-9-25-14)16(12)22-13-7-8-21-18-15(13)10-3-1-2-4-11(10)19(24)23-18/h1-8H,9H2,(H2,21,22,23,24). The Balaban J connectivity index is 1.78. The highest BCUT2D eigenvalue weighted by molar-refractivity contribution is 6.34. The maximum atomic E-state index is 12.3. The van der Waals surface area contributed by atoms with Crippen molar-refractivity contribution in [2.75, 3.05) is 12.1 Å². The minimum atomic E-state index is -0.173. The van der Waals surface area contributed by atoms with Gasteiger partial charge in [0, 0.05) is 22.4 Å². The number of fused-ring (bicyclic) bond motifs is 4. The molecular weight excluding hydrogens is 354 g/mol. The van der Waals surface area contributed by atoms with Crippen LogP contribution in [0.5, 0.6) is 11.5 Å². The zero-order valence-corrected chi connectivity index (χ0v) is 14.1. The van der Waals surface area contributed by atoms with E-state index in [0.29, 0.717) is 33.2 Å². The number of aromatic nitrogens is 2. The fourth-order valence-corrected chi connectivity index (χ4v) is 3.40. The average molecular weight is 366 g/mol. The van der Waals surface area contributed by atoms with Gasteiger partial charge < -0.3 is 19.8 Å². The number of H-pyrrole nitrogens is 1. The van der Waals surface area contributed by atoms with Crippen molar-refractivity contribution in [3.05, 3.63) is 64.0 Å². The molecule has 0 saturated heterocycles. The second kappa shape index (κ2) is 5.64. The Morgan fingerprint density at radius 1 is 1.08 bits per heavy atom. The van der Waals surface area contributed by atoms with E-state index in [2.05, 4.69) is 15.3 Å². The van der Waals surface area contributed by atoms with Crippen molar-refractivity contribution >= 4 is 44.8 Å². The van der Waals surface area contributed by atoms with Gasteiger partial charge in [0.05, 0.1) is 10.7 Å². The molecule has 128 valence electrons. The first-order valence-electron chi connectivity index (χ1n) is 7.97. The highest BCUT2D eigenvalue weighted by Gasteiger charge is 2.21. The van der Waals surface area contributed by atoms with Gasteiger partial charge in [0.15, 0.2) is 11.5 Å². The van der Waals surface area contributed by atoms with Crippen LogP contribution in [0.3, 0.4) is 0 Å². The van der Waals surface area contributed by atoms with Gasteiger partial charge in [-0.2, -0.15) is 0 Å². The van der Waals surface area contributed by atoms with E-state index < -0.39 is 0 Å². The smallest absolute Gasteiger partial charge is 0.257 e. The van der Waals surface area contributed by atoms with Crippen molar-refractivity contribution in [2.24, 2.45) is 0 Å². The van der Waals surface area contributed by atoms with E-state index in [1.807, 2.05) is 24.3 Å². The number of rotatable bonds is 2. The molecule has 26 heavy (non-hydrogen) atoms. The van der Waals surface area contributed by atoms with E-state index in [9.17, 15) is 4.79 Å². The number of halogens is 1. The van der Waals surface area contributed by atoms with Gasteiger partial charge in [-0.1, -0.05) is 29.8 Å². The summed E-state index contributed by atoms with van der Waals surface area (Å²) in [5.74, 6) is 1.20. The molecule has 5 rings (SSSR count). The van der Waals surface area contributed by atoms with Crippen molar-refractivity contribution in [3.63, 3.8) is 0 Å². The topological polar surface area (TPSA) is 76.2 Å². The molecule has 2 aromatic heterocycles. The third-order valence-corrected chi connectivity index (χ3v) is 4.69. The van der Waals surface area contributed by atoms with Gasteiger partial charge in [-0.05, 0) is 24.3 Å². The maximum Gasteiger partial charge on any atom is 0.257 e. The summed E-state index contributed by atoms with van der Waals surface area (Å²) in [6.45, 7) is 0.150. The lowest BCUT2D eigenvalue weighted by Gasteiger charge is -2.14. The summed E-state index contributed by atoms with van der Waals surface area (Å²) in [5, 5.41) is 6.04. The summed E-state index contributed by atoms with van der Waals surface area (Å²) in [4.78, 5) is 19.4. The number of anilines is 2. The second-order valence-corrected chi connectivity index (χ2v) is 6.27. The molecule has 0 radical (unpaired) electrons. The van der Waals surface area contributed by atoms with E-state index in [1.165, 1.54) is 0 Å². The summed E-state index contributed by atoms with van der Waals surface area (Å²) < 4.78 is 11.0. The second-order valence-electron chi connectivity index (χ2n) is 5.86. The van der Waals surface area contributed by atoms with Gasteiger partial charge in [0.25, 0.3) is 5.56 Å². The summed E-state index contributed by atoms with van der Waals surface area (Å²) in [6.07, 6.45) is 1.63. The molecular formula is C19H12ClN3O3. The Bertz CT molecular complexity index is 1240. The molecule has 0 fully saturated rings. The highest BCUT2D eigenvalue weighted by atomic mass is 35.5. The summed E-state index contributed by atoms with van der Waals surface area (Å²) >= 11 is 6.38. The number of pyridine rings is 2. The molecule has 4 aromatic rings. The van der Waals surface area contributed by atoms with E-state index in [0.717, 1.165) is 16.5 Å². The number of hydrogen-bond acceptors (Lipinski definition) is 5. The minimum absolute atomic E-state index is 0.150. The van der Waals surface area contributed by atoms with Gasteiger partial charge in [0.2, 0.25) is 6.79 Å². The van der Waals surface area contributed by atoms with Crippen molar-refractivity contribution in [1.29, 1.82) is 0 Å². The van der Waals surface area contributed by atoms with Gasteiger partial charge in [-0.3, -0.25) is 4.79 Å². The van der Waals surface area contributed by atoms with E-state index in [1.54, 1.807) is 24.4 Å². The lowest BCUT2D eigenvalue weighted by molar-refractivity contribution is 0.174. The number of hydrogen-bond donors (Lipinski definition) is 2. The van der Waals surface area contributed by atoms with Crippen LogP contribution in [-0.4, -0.2) is 16.8 Å². The van der Waals surface area contributed by atoms with Crippen LogP contribution in [0.4, 0.5) is 11.4 Å². The molecule has 0 saturated carbocycles. The van der Waals surface area contributed by atoms with Crippen molar-refractivity contribution in [2.45, 2.75) is 0 Å². The van der Waals surface area contributed by atoms with Gasteiger partial charge in [0.1, 0.15) is 11.3 Å². The summed E-state index contributed by atoms with van der Waals surface area (Å²) in [6, 6.07) is 12.8. The molecule has 7 heteroatoms. The van der Waals surface area contributed by atoms with Crippen LogP contribution in [0.1, 0.15) is 0 Å². The van der Waals surface area contributed by atoms with Crippen LogP contribution in [-0.2, 0) is 0 Å². The molecule has 0 unspecified atom stereocenters. The quantitative estimate of drug-likeness (QED) is 0.520. The van der Waals surface area contributed by atoms with Crippen LogP contribution in [0, 0.1) is 0 Å². The van der Waals surface area contributed by atoms with Crippen molar-refractivity contribution < 1.29 is 9.47 Å². The van der Waals surface area contributed by atoms with Crippen LogP contribution < -0.4 is 20.3 Å². The van der Waals surface area contributed by atoms with Crippen LogP contribution in [0.15, 0.2) is 53.5 Å². The van der Waals surface area contributed by atoms with Gasteiger partial charge in [-0.15, -0.1) is 0 Å². The fourth-order valence-electron chi connectivity index (χ4n) is 3.21. The molecule has 0 bridgehead atoms. The number of benzene rings is 2. The lowest BCUT2D eigenvalue weighted by atomic mass is 10.1. The predicted molar refractivity (Wildman–Crippen MR) is 101 cm³/mol. The number of ether oxygens (including phenoxy) is 2. The van der Waals surface area contributed by atoms with Gasteiger partial charge >= 0.3 is 0 Å². The first kappa shape index (κ1) is 15.0. The number of nitrogens with one attached hydrogen (secondary N) is 2. The molecule has 3 heterocycles. The zero-order valence-electron chi connectivity index (χ0n) is 13.4. The largest absolute Gasteiger partial charge is 0.454 e. The van der Waals surface area contributed by atoms with E-state index >= 15 is 0 Å². The average Bonchev–Trinajstić information content (AvgIpc) is 3.13. The van der Waals surface area contributed by atoms with Crippen molar-refractivity contribution in [1.82, 2.24) is 9.97 Å². The highest BCUT2D eigenvalue weighted by Crippen LogP contribution is 2.45. The minimum Gasteiger partial charge on any atom is -0.454 e. The normalized spacial score (nSPS) is 12.7. The van der Waals surface area contributed by atoms with Gasteiger partial charge in [-0.25, -0.2) is 4.98 Å². The van der Waals surface area contributed by atoms with E-state index in [-0.39, 0.29) is 12.4 Å². The number of aromatic amines is 1. The maximum absolute atomic E-state index is 12.3. The third-order valence-electron chi connectivity index (χ3n) is 4.37. The zero-order chi connectivity index (χ0) is 17.7. The van der Waals surface area contributed by atoms with E-state index in [4.69, 9.17) is 21.1 Å². The van der Waals surface area contributed by atoms with Crippen LogP contribution in [0.2, 0.25) is 5.02 Å². The summed E-state index contributed by atoms with van der Waals surface area (Å²) in [7, 11) is 0. The Hall–Kier alpha value is -3.25. The molecule has 2 N–H and O–H groups in total. The molecule has 0 aliphatic carbocycles. The number of nitrogens with zero attached hydrogens (tertiary/aromatic N) is 1. The SMILES string of the molecule is O=c1[nH]c2nccc(Nc3c(Cl)ccc4c3OCO4)c2c2ccccc12. The molecule has 0 atom stereocenters. The van der Waals surface area contributed by atoms with Crippen LogP contribution in [0.25, 0.3) is 21.8 Å². The lowest BCUT2D eigenvalue weighted by Crippen LogP contribution is -2.08. The Morgan fingerprint density at radius 2 is 1.92 bits per heavy atom. The Labute approximate surface area is 152 Å². The van der Waals surface area contributed by atoms with Crippen molar-refractivity contribution in [3.8, 4) is 11.5 Å². The molecule has 6 nitrogen and oxygen atoms in total. The molecule has 2 aromatic carbocycles. The first-order chi connectivity index (χ1) is 12.7. The molecule has 0 spiro atoms. The predicted octanol–water partition coefficient (Wildman–Crippen LogP) is 4.20. The fraction of sp³-hybridized carbons (Fsp3) is 0.0526. The molecule has 0 amide bonds.